The van der Waals surface area contributed by atoms with Gasteiger partial charge >= 0.3 is 5.97 Å². The Hall–Kier alpha value is -6.63. The van der Waals surface area contributed by atoms with Gasteiger partial charge in [0, 0.05) is 78.5 Å². The van der Waals surface area contributed by atoms with Crippen LogP contribution >= 0.6 is 7.92 Å². The van der Waals surface area contributed by atoms with Crippen molar-refractivity contribution in [1.29, 1.82) is 0 Å². The minimum absolute atomic E-state index is 0.0210. The molecule has 0 bridgehead atoms. The number of nitrogens with zero attached hydrogens (tertiary/aromatic N) is 2. The van der Waals surface area contributed by atoms with E-state index in [1.165, 1.54) is 43.5 Å². The fourth-order valence-electron chi connectivity index (χ4n) is 11.7. The minimum atomic E-state index is -5.01. The van der Waals surface area contributed by atoms with E-state index in [1.54, 1.807) is 57.4 Å². The molecule has 2 atom stereocenters. The zero-order valence-electron chi connectivity index (χ0n) is 52.8. The molecule has 5 N–H and O–H groups in total. The van der Waals surface area contributed by atoms with E-state index in [1.807, 2.05) is 70.1 Å². The summed E-state index contributed by atoms with van der Waals surface area (Å²) in [5, 5.41) is 8.27. The maximum absolute atomic E-state index is 13.7. The molecule has 0 spiro atoms. The SMILES string of the molecule is COCCOCCOCCOCC[N+]1=C(/C=C/C=C2/N(CCCCCC(=O)NCCNC(=O)c3ccc(C(=O)OC)c(P(c4ccccc4)c4ccccc4)c3)c3ccc(S(=O)(=O)[O-])cc3C2(C)CCCS(=O)(=O)O)C(C)(CCCS(=O)(=O)O)c2cc(S(=O)(=O)O)ccc21. The number of esters is 1. The summed E-state index contributed by atoms with van der Waals surface area (Å²) in [5.41, 5.74) is 1.05. The van der Waals surface area contributed by atoms with Crippen LogP contribution in [0.5, 0.6) is 0 Å². The highest BCUT2D eigenvalue weighted by Gasteiger charge is 2.49. The molecule has 2 unspecified atom stereocenters. The fraction of sp³-hybridized carbons (Fsp3) is 0.415. The Morgan fingerprint density at radius 2 is 1.21 bits per heavy atom. The number of fused-ring (bicyclic) bond motifs is 2. The van der Waals surface area contributed by atoms with Gasteiger partial charge in [0.2, 0.25) is 11.6 Å². The monoisotopic (exact) mass is 1400 g/mol. The van der Waals surface area contributed by atoms with E-state index in [-0.39, 0.29) is 84.0 Å². The van der Waals surface area contributed by atoms with Crippen LogP contribution in [0, 0.1) is 0 Å². The average molecular weight is 1400 g/mol. The summed E-state index contributed by atoms with van der Waals surface area (Å²) >= 11 is 0. The number of hydrogen-bond donors (Lipinski definition) is 5. The molecule has 24 nitrogen and oxygen atoms in total. The number of methoxy groups -OCH3 is 2. The lowest BCUT2D eigenvalue weighted by Gasteiger charge is -2.30. The van der Waals surface area contributed by atoms with Crippen molar-refractivity contribution in [2.24, 2.45) is 0 Å². The summed E-state index contributed by atoms with van der Waals surface area (Å²) in [5.74, 6) is -2.52. The third-order valence-electron chi connectivity index (χ3n) is 16.3. The van der Waals surface area contributed by atoms with E-state index in [0.29, 0.717) is 96.0 Å². The minimum Gasteiger partial charge on any atom is -0.744 e. The Balaban J connectivity index is 1.10. The van der Waals surface area contributed by atoms with E-state index in [0.717, 1.165) is 10.6 Å². The largest absolute Gasteiger partial charge is 0.744 e. The topological polar surface area (TPSA) is 348 Å². The number of ether oxygens (including phenoxy) is 5. The molecule has 29 heteroatoms. The van der Waals surface area contributed by atoms with Gasteiger partial charge in [0.1, 0.15) is 16.7 Å². The third kappa shape index (κ3) is 20.5. The van der Waals surface area contributed by atoms with Gasteiger partial charge in [0.15, 0.2) is 12.3 Å². The van der Waals surface area contributed by atoms with Gasteiger partial charge in [-0.3, -0.25) is 23.2 Å². The zero-order chi connectivity index (χ0) is 68.3. The highest BCUT2D eigenvalue weighted by Crippen LogP contribution is 2.52. The number of allylic oxidation sites excluding steroid dienone is 4. The highest BCUT2D eigenvalue weighted by molar-refractivity contribution is 7.86. The van der Waals surface area contributed by atoms with E-state index in [2.05, 4.69) is 10.6 Å². The van der Waals surface area contributed by atoms with Gasteiger partial charge in [-0.15, -0.1) is 0 Å². The molecule has 510 valence electrons. The summed E-state index contributed by atoms with van der Waals surface area (Å²) in [6.45, 7) is 6.17. The molecule has 7 rings (SSSR count). The Morgan fingerprint density at radius 3 is 1.80 bits per heavy atom. The van der Waals surface area contributed by atoms with Crippen LogP contribution in [0.2, 0.25) is 0 Å². The number of carbonyl (C=O) groups excluding carboxylic acids is 3. The molecule has 94 heavy (non-hydrogen) atoms. The quantitative estimate of drug-likeness (QED) is 0.00980. The summed E-state index contributed by atoms with van der Waals surface area (Å²) in [7, 11) is -17.1. The standard InChI is InChI=1S/C65H81N4O20PS4/c1-64(30-15-43-91(73,74)75)54-46-51(93(79,80)81)25-28-56(54)68(34-13-7-12-23-61(70)66-32-33-67-62(71)48-24-27-53(63(72)86-4)58(45-48)90(49-17-8-5-9-18-49)50-19-10-6-11-20-50)59(64)21-14-22-60-65(2,31-16-44-92(76,77)78)55-47-52(94(82,83)84)26-29-57(55)69(60)35-36-87-39-40-89-42-41-88-38-37-85-3/h5-6,8-11,14,17-22,24-29,45-47H,7,12-13,15-16,23,30-44H2,1-4H3,(H5-,66,67,70,71,73,74,75,76,77,78,79,80,81,82,83,84). The normalized spacial score (nSPS) is 17.1. The molecule has 0 aliphatic carbocycles. The first-order valence-electron chi connectivity index (χ1n) is 30.4. The Kier molecular flexibility index (Phi) is 26.9. The molecule has 0 fully saturated rings. The summed E-state index contributed by atoms with van der Waals surface area (Å²) < 4.78 is 170. The highest BCUT2D eigenvalue weighted by atomic mass is 32.2. The number of carbonyl (C=O) groups is 3. The molecular formula is C65H81N4O20PS4. The molecule has 2 amide bonds. The molecule has 0 saturated heterocycles. The molecule has 2 heterocycles. The van der Waals surface area contributed by atoms with Gasteiger partial charge in [-0.1, -0.05) is 73.2 Å². The molecule has 2 aliphatic heterocycles. The first-order chi connectivity index (χ1) is 44.6. The van der Waals surface area contributed by atoms with Crippen molar-refractivity contribution in [3.63, 3.8) is 0 Å². The number of nitrogens with one attached hydrogen (secondary N) is 2. The number of amides is 2. The number of hydrogen-bond acceptors (Lipinski definition) is 18. The third-order valence-corrected chi connectivity index (χ3v) is 22.0. The van der Waals surface area contributed by atoms with Crippen molar-refractivity contribution >= 4 is 99.2 Å². The lowest BCUT2D eigenvalue weighted by molar-refractivity contribution is -0.442. The number of benzene rings is 5. The molecular weight excluding hydrogens is 1320 g/mol. The van der Waals surface area contributed by atoms with Gasteiger partial charge in [-0.25, -0.2) is 13.2 Å². The first-order valence-corrected chi connectivity index (χ1v) is 37.8. The number of anilines is 1. The smallest absolute Gasteiger partial charge is 0.338 e. The number of rotatable bonds is 38. The predicted octanol–water partition coefficient (Wildman–Crippen LogP) is 6.10. The van der Waals surface area contributed by atoms with Crippen LogP contribution in [0.15, 0.2) is 149 Å². The maximum atomic E-state index is 13.7. The second kappa shape index (κ2) is 33.8. The lowest BCUT2D eigenvalue weighted by Crippen LogP contribution is -2.35. The second-order valence-corrected chi connectivity index (χ2v) is 30.9. The van der Waals surface area contributed by atoms with Crippen molar-refractivity contribution in [2.45, 2.75) is 85.8 Å². The van der Waals surface area contributed by atoms with Crippen molar-refractivity contribution in [3.05, 3.63) is 161 Å². The van der Waals surface area contributed by atoms with E-state index < -0.39 is 92.4 Å². The van der Waals surface area contributed by atoms with E-state index >= 15 is 0 Å². The fourth-order valence-corrected chi connectivity index (χ4v) is 16.2. The summed E-state index contributed by atoms with van der Waals surface area (Å²) in [4.78, 5) is 41.0. The molecule has 0 saturated carbocycles. The van der Waals surface area contributed by atoms with Crippen molar-refractivity contribution in [1.82, 2.24) is 10.6 Å². The molecule has 0 aromatic heterocycles. The Labute approximate surface area is 551 Å². The Morgan fingerprint density at radius 1 is 0.638 bits per heavy atom. The van der Waals surface area contributed by atoms with Gasteiger partial charge in [-0.2, -0.15) is 29.8 Å². The van der Waals surface area contributed by atoms with Crippen LogP contribution in [0.4, 0.5) is 11.4 Å². The second-order valence-electron chi connectivity index (χ2n) is 22.8. The van der Waals surface area contributed by atoms with Crippen molar-refractivity contribution in [2.75, 3.05) is 103 Å². The summed E-state index contributed by atoms with van der Waals surface area (Å²) in [6.07, 6.45) is 6.49. The average Bonchev–Trinajstić information content (AvgIpc) is 1.58. The van der Waals surface area contributed by atoms with Crippen LogP contribution in [-0.2, 0) is 79.8 Å². The van der Waals surface area contributed by atoms with Crippen LogP contribution < -0.4 is 31.4 Å². The lowest BCUT2D eigenvalue weighted by atomic mass is 9.75. The van der Waals surface area contributed by atoms with E-state index in [4.69, 9.17) is 23.7 Å². The van der Waals surface area contributed by atoms with Gasteiger partial charge in [0.05, 0.1) is 79.0 Å². The van der Waals surface area contributed by atoms with Crippen molar-refractivity contribution in [3.8, 4) is 0 Å². The van der Waals surface area contributed by atoms with Gasteiger partial charge < -0.3 is 43.8 Å². The van der Waals surface area contributed by atoms with Crippen molar-refractivity contribution < 1.29 is 94.5 Å². The van der Waals surface area contributed by atoms with Gasteiger partial charge in [0.25, 0.3) is 36.3 Å². The summed E-state index contributed by atoms with van der Waals surface area (Å²) in [6, 6.07) is 32.2. The van der Waals surface area contributed by atoms with Crippen LogP contribution in [-0.4, -0.2) is 178 Å². The molecule has 5 aromatic rings. The number of unbranched alkanes of at least 4 members (excludes halogenated alkanes) is 2. The maximum Gasteiger partial charge on any atom is 0.338 e. The zero-order valence-corrected chi connectivity index (χ0v) is 57.0. The molecule has 5 aromatic carbocycles. The Bertz CT molecular complexity index is 4000. The van der Waals surface area contributed by atoms with Crippen LogP contribution in [0.25, 0.3) is 0 Å². The van der Waals surface area contributed by atoms with E-state index in [9.17, 15) is 66.3 Å². The van der Waals surface area contributed by atoms with Gasteiger partial charge in [-0.05, 0) is 131 Å². The molecule has 2 aliphatic rings. The van der Waals surface area contributed by atoms with Crippen LogP contribution in [0.1, 0.15) is 97.1 Å². The predicted molar refractivity (Wildman–Crippen MR) is 356 cm³/mol. The first kappa shape index (κ1) is 74.8. The van der Waals surface area contributed by atoms with Crippen LogP contribution in [0.3, 0.4) is 0 Å². The molecule has 0 radical (unpaired) electrons.